The molecule has 1 aromatic carbocycles. The molecule has 0 bridgehead atoms. The Morgan fingerprint density at radius 3 is 2.93 bits per heavy atom. The molecule has 0 saturated carbocycles. The number of benzene rings is 1. The van der Waals surface area contributed by atoms with E-state index < -0.39 is 0 Å². The van der Waals surface area contributed by atoms with Crippen LogP contribution in [-0.2, 0) is 13.7 Å². The number of aromatic nitrogens is 6. The first-order valence-electron chi connectivity index (χ1n) is 8.28. The van der Waals surface area contributed by atoms with E-state index in [1.807, 2.05) is 7.05 Å². The van der Waals surface area contributed by atoms with Crippen molar-refractivity contribution in [1.29, 1.82) is 0 Å². The van der Waals surface area contributed by atoms with E-state index in [2.05, 4.69) is 20.2 Å². The average molecular weight is 415 g/mol. The van der Waals surface area contributed by atoms with Crippen molar-refractivity contribution in [3.63, 3.8) is 0 Å². The van der Waals surface area contributed by atoms with Crippen molar-refractivity contribution in [2.75, 3.05) is 0 Å². The Bertz CT molecular complexity index is 1320. The number of fused-ring (bicyclic) bond motifs is 3. The van der Waals surface area contributed by atoms with E-state index in [0.29, 0.717) is 38.8 Å². The number of hydrogen-bond acceptors (Lipinski definition) is 6. The second-order valence-electron chi connectivity index (χ2n) is 6.08. The molecule has 0 radical (unpaired) electrons. The molecule has 4 heterocycles. The van der Waals surface area contributed by atoms with Crippen LogP contribution in [0.5, 0.6) is 5.75 Å². The topological polar surface area (TPSA) is 83.3 Å². The number of rotatable bonds is 4. The van der Waals surface area contributed by atoms with E-state index in [4.69, 9.17) is 32.4 Å². The van der Waals surface area contributed by atoms with Crippen LogP contribution in [-0.4, -0.2) is 29.4 Å². The Hall–Kier alpha value is -3.10. The minimum Gasteiger partial charge on any atom is -0.484 e. The van der Waals surface area contributed by atoms with Crippen molar-refractivity contribution in [3.8, 4) is 17.3 Å². The van der Waals surface area contributed by atoms with Crippen LogP contribution in [0.2, 0.25) is 10.0 Å². The lowest BCUT2D eigenvalue weighted by atomic mass is 10.3. The van der Waals surface area contributed by atoms with Gasteiger partial charge in [0.1, 0.15) is 24.4 Å². The molecule has 5 rings (SSSR count). The Morgan fingerprint density at radius 1 is 1.14 bits per heavy atom. The molecule has 0 aliphatic rings. The summed E-state index contributed by atoms with van der Waals surface area (Å²) in [6.45, 7) is 0.196. The molecule has 10 heteroatoms. The first kappa shape index (κ1) is 17.0. The Kier molecular flexibility index (Phi) is 3.96. The molecule has 0 atom stereocenters. The largest absolute Gasteiger partial charge is 0.484 e. The van der Waals surface area contributed by atoms with Crippen molar-refractivity contribution in [3.05, 3.63) is 58.7 Å². The van der Waals surface area contributed by atoms with Gasteiger partial charge in [0, 0.05) is 18.1 Å². The molecule has 0 saturated heterocycles. The highest BCUT2D eigenvalue weighted by atomic mass is 35.5. The van der Waals surface area contributed by atoms with Gasteiger partial charge in [0.25, 0.3) is 0 Å². The van der Waals surface area contributed by atoms with E-state index in [1.165, 1.54) is 0 Å². The maximum atomic E-state index is 6.11. The van der Waals surface area contributed by atoms with E-state index in [-0.39, 0.29) is 6.61 Å². The summed E-state index contributed by atoms with van der Waals surface area (Å²) in [7, 11) is 1.83. The van der Waals surface area contributed by atoms with Crippen molar-refractivity contribution in [1.82, 2.24) is 29.4 Å². The van der Waals surface area contributed by atoms with Crippen molar-refractivity contribution in [2.45, 2.75) is 6.61 Å². The van der Waals surface area contributed by atoms with Crippen LogP contribution in [0.25, 0.3) is 28.3 Å². The maximum Gasteiger partial charge on any atom is 0.217 e. The summed E-state index contributed by atoms with van der Waals surface area (Å²) in [5.74, 6) is 2.07. The van der Waals surface area contributed by atoms with E-state index in [9.17, 15) is 0 Å². The molecule has 0 aliphatic heterocycles. The molecule has 5 aromatic rings. The van der Waals surface area contributed by atoms with Gasteiger partial charge in [-0.2, -0.15) is 5.10 Å². The van der Waals surface area contributed by atoms with Gasteiger partial charge < -0.3 is 9.15 Å². The molecule has 0 spiro atoms. The predicted octanol–water partition coefficient (Wildman–Crippen LogP) is 4.16. The van der Waals surface area contributed by atoms with Gasteiger partial charge in [0.15, 0.2) is 17.1 Å². The van der Waals surface area contributed by atoms with E-state index >= 15 is 0 Å². The number of aryl methyl sites for hydroxylation is 1. The molecule has 140 valence electrons. The van der Waals surface area contributed by atoms with Crippen molar-refractivity contribution >= 4 is 39.9 Å². The van der Waals surface area contributed by atoms with Gasteiger partial charge >= 0.3 is 0 Å². The SMILES string of the molecule is Cn1ncc2c1ncn1nc(-c3ccc(COc4cc(Cl)ccc4Cl)o3)nc21. The van der Waals surface area contributed by atoms with Crippen LogP contribution in [0.1, 0.15) is 5.76 Å². The van der Waals surface area contributed by atoms with Crippen LogP contribution < -0.4 is 4.74 Å². The van der Waals surface area contributed by atoms with Gasteiger partial charge in [-0.15, -0.1) is 5.10 Å². The quantitative estimate of drug-likeness (QED) is 0.439. The first-order valence-corrected chi connectivity index (χ1v) is 9.04. The minimum atomic E-state index is 0.196. The fraction of sp³-hybridized carbons (Fsp3) is 0.111. The standard InChI is InChI=1S/C18H12Cl2N6O2/c1-25-17-12(7-22-25)18-23-16(24-26(18)9-21-17)14-5-3-11(28-14)8-27-15-6-10(19)2-4-13(15)20/h2-7,9H,8H2,1H3. The number of nitrogens with zero attached hydrogens (tertiary/aromatic N) is 6. The van der Waals surface area contributed by atoms with Crippen LogP contribution >= 0.6 is 23.2 Å². The lowest BCUT2D eigenvalue weighted by Crippen LogP contribution is -1.94. The van der Waals surface area contributed by atoms with Gasteiger partial charge in [-0.25, -0.2) is 14.5 Å². The maximum absolute atomic E-state index is 6.11. The second kappa shape index (κ2) is 6.50. The lowest BCUT2D eigenvalue weighted by Gasteiger charge is -2.06. The first-order chi connectivity index (χ1) is 13.6. The van der Waals surface area contributed by atoms with Crippen molar-refractivity contribution < 1.29 is 9.15 Å². The molecular formula is C18H12Cl2N6O2. The fourth-order valence-corrected chi connectivity index (χ4v) is 3.19. The van der Waals surface area contributed by atoms with Crippen LogP contribution in [0, 0.1) is 0 Å². The molecular weight excluding hydrogens is 403 g/mol. The highest BCUT2D eigenvalue weighted by molar-refractivity contribution is 6.34. The number of hydrogen-bond donors (Lipinski definition) is 0. The van der Waals surface area contributed by atoms with Gasteiger partial charge in [0.2, 0.25) is 5.82 Å². The van der Waals surface area contributed by atoms with Crippen LogP contribution in [0.4, 0.5) is 0 Å². The second-order valence-corrected chi connectivity index (χ2v) is 6.93. The zero-order valence-corrected chi connectivity index (χ0v) is 16.0. The normalized spacial score (nSPS) is 11.5. The fourth-order valence-electron chi connectivity index (χ4n) is 2.86. The van der Waals surface area contributed by atoms with Gasteiger partial charge in [-0.3, -0.25) is 4.68 Å². The zero-order valence-electron chi connectivity index (χ0n) is 14.5. The molecule has 0 fully saturated rings. The highest BCUT2D eigenvalue weighted by Crippen LogP contribution is 2.29. The van der Waals surface area contributed by atoms with E-state index in [1.54, 1.807) is 52.1 Å². The molecule has 4 aromatic heterocycles. The number of halogens is 2. The third-order valence-electron chi connectivity index (χ3n) is 4.21. The molecule has 0 amide bonds. The number of furan rings is 1. The van der Waals surface area contributed by atoms with Gasteiger partial charge in [-0.1, -0.05) is 23.2 Å². The number of ether oxygens (including phenoxy) is 1. The summed E-state index contributed by atoms with van der Waals surface area (Å²) >= 11 is 12.1. The van der Waals surface area contributed by atoms with Crippen LogP contribution in [0.15, 0.2) is 47.3 Å². The van der Waals surface area contributed by atoms with Crippen molar-refractivity contribution in [2.24, 2.45) is 7.05 Å². The molecule has 28 heavy (non-hydrogen) atoms. The Labute approximate surface area is 168 Å². The highest BCUT2D eigenvalue weighted by Gasteiger charge is 2.15. The predicted molar refractivity (Wildman–Crippen MR) is 104 cm³/mol. The van der Waals surface area contributed by atoms with E-state index in [0.717, 1.165) is 11.0 Å². The third kappa shape index (κ3) is 2.87. The Balaban J connectivity index is 1.42. The molecule has 0 aliphatic carbocycles. The minimum absolute atomic E-state index is 0.196. The summed E-state index contributed by atoms with van der Waals surface area (Å²) in [5, 5.41) is 10.5. The molecule has 8 nitrogen and oxygen atoms in total. The van der Waals surface area contributed by atoms with Crippen LogP contribution in [0.3, 0.4) is 0 Å². The summed E-state index contributed by atoms with van der Waals surface area (Å²) in [4.78, 5) is 8.91. The van der Waals surface area contributed by atoms with Gasteiger partial charge in [0.05, 0.1) is 16.6 Å². The average Bonchev–Trinajstić information content (AvgIpc) is 3.40. The third-order valence-corrected chi connectivity index (χ3v) is 4.76. The Morgan fingerprint density at radius 2 is 2.04 bits per heavy atom. The van der Waals surface area contributed by atoms with Gasteiger partial charge in [-0.05, 0) is 24.3 Å². The molecule has 0 unspecified atom stereocenters. The molecule has 0 N–H and O–H groups in total. The smallest absolute Gasteiger partial charge is 0.217 e. The zero-order chi connectivity index (χ0) is 19.3. The lowest BCUT2D eigenvalue weighted by molar-refractivity contribution is 0.272. The monoisotopic (exact) mass is 414 g/mol. The summed E-state index contributed by atoms with van der Waals surface area (Å²) in [6.07, 6.45) is 3.32. The summed E-state index contributed by atoms with van der Waals surface area (Å²) in [5.41, 5.74) is 1.39. The summed E-state index contributed by atoms with van der Waals surface area (Å²) < 4.78 is 14.8. The summed E-state index contributed by atoms with van der Waals surface area (Å²) in [6, 6.07) is 8.63.